The number of unbranched alkanes of at least 4 members (excludes halogenated alkanes) is 1. The molecule has 3 aromatic rings. The number of hydrogen-bond acceptors (Lipinski definition) is 0. The number of benzene rings is 3. The number of hydrogen-bond donors (Lipinski definition) is 0. The third kappa shape index (κ3) is 14.4. The molecular weight excluding hydrogens is 667 g/mol. The Hall–Kier alpha value is -1.53. The quantitative estimate of drug-likeness (QED) is 0.185. The number of rotatable bonds is 3. The fraction of sp³-hybridized carbons (Fsp3) is 0.429. The Morgan fingerprint density at radius 3 is 1.84 bits per heavy atom. The van der Waals surface area contributed by atoms with Crippen molar-refractivity contribution in [3.63, 3.8) is 0 Å². The molecule has 1 atom stereocenters. The van der Waals surface area contributed by atoms with Gasteiger partial charge in [0.2, 0.25) is 0 Å². The third-order valence-corrected chi connectivity index (χ3v) is 7.64. The maximum Gasteiger partial charge on any atom is -0.171 e. The van der Waals surface area contributed by atoms with Crippen LogP contribution in [0.3, 0.4) is 0 Å². The van der Waals surface area contributed by atoms with Crippen molar-refractivity contribution in [2.75, 3.05) is 0 Å². The van der Waals surface area contributed by atoms with Crippen molar-refractivity contribution in [2.24, 2.45) is 11.3 Å². The van der Waals surface area contributed by atoms with Gasteiger partial charge < -0.3 is 7.43 Å². The van der Waals surface area contributed by atoms with Crippen molar-refractivity contribution >= 4 is 29.0 Å². The summed E-state index contributed by atoms with van der Waals surface area (Å²) in [5.41, 5.74) is 10.5. The SMILES string of the molecule is CC(C)(C)c1[c-]c2c(cc1)-c1ccc(C(C)(C)C)cc1C2.CCCCC1[C-]=CC(C(C)(C)C)=C1.Cl.Cl.[CH2]=[Zr].[CH3-].[c-]1ccccc1. The fourth-order valence-electron chi connectivity index (χ4n) is 4.94. The van der Waals surface area contributed by atoms with Crippen molar-refractivity contribution in [3.8, 4) is 11.1 Å². The van der Waals surface area contributed by atoms with E-state index in [-0.39, 0.29) is 43.1 Å². The molecule has 0 nitrogen and oxygen atoms in total. The molecule has 0 spiro atoms. The molecule has 0 saturated carbocycles. The van der Waals surface area contributed by atoms with E-state index in [2.05, 4.69) is 134 Å². The van der Waals surface area contributed by atoms with Gasteiger partial charge in [-0.05, 0) is 28.4 Å². The van der Waals surface area contributed by atoms with Crippen LogP contribution in [0.5, 0.6) is 0 Å². The van der Waals surface area contributed by atoms with Crippen LogP contribution in [-0.4, -0.2) is 4.21 Å². The van der Waals surface area contributed by atoms with Crippen LogP contribution in [-0.2, 0) is 41.5 Å². The fourth-order valence-corrected chi connectivity index (χ4v) is 4.94. The summed E-state index contributed by atoms with van der Waals surface area (Å²) in [6.07, 6.45) is 12.9. The van der Waals surface area contributed by atoms with Gasteiger partial charge in [0.15, 0.2) is 0 Å². The Kier molecular flexibility index (Phi) is 20.9. The predicted octanol–water partition coefficient (Wildman–Crippen LogP) is 12.5. The maximum absolute atomic E-state index is 3.67. The van der Waals surface area contributed by atoms with E-state index in [9.17, 15) is 0 Å². The Labute approximate surface area is 305 Å². The van der Waals surface area contributed by atoms with Crippen LogP contribution in [0.4, 0.5) is 0 Å². The number of allylic oxidation sites excluding steroid dienone is 4. The summed E-state index contributed by atoms with van der Waals surface area (Å²) in [5.74, 6) is 0.592. The van der Waals surface area contributed by atoms with Crippen LogP contribution in [0, 0.1) is 37.0 Å². The summed E-state index contributed by atoms with van der Waals surface area (Å²) in [6.45, 7) is 22.6. The third-order valence-electron chi connectivity index (χ3n) is 7.64. The van der Waals surface area contributed by atoms with Gasteiger partial charge in [0.05, 0.1) is 0 Å². The Morgan fingerprint density at radius 2 is 1.40 bits per heavy atom. The first-order valence-electron chi connectivity index (χ1n) is 15.5. The maximum atomic E-state index is 3.67. The van der Waals surface area contributed by atoms with Crippen molar-refractivity contribution in [1.29, 1.82) is 0 Å². The molecule has 248 valence electrons. The topological polar surface area (TPSA) is 0 Å². The molecule has 0 aliphatic heterocycles. The first-order valence-corrected chi connectivity index (χ1v) is 17.2. The Morgan fingerprint density at radius 1 is 0.800 bits per heavy atom. The minimum atomic E-state index is 0. The standard InChI is InChI=1S/C21H25.C13H21.C6H5.CH3.CH2.2ClH.Zr/c1-20(2,3)16-7-9-18-14(12-16)11-15-13-17(21(4,5)6)8-10-19(15)18;1-5-6-7-11-8-9-12(10-11)13(2,3)4;1-2-4-6-5-3-1;;;;;/h7-10,12H,11H2,1-6H3;9-11H,5-7H2,1-4H3;1-5H;1H3;1H2;2*1H;/q4*-1;;;;. The molecule has 0 fully saturated rings. The van der Waals surface area contributed by atoms with E-state index in [4.69, 9.17) is 0 Å². The smallest absolute Gasteiger partial charge is 0.171 e. The molecule has 0 aromatic heterocycles. The molecule has 45 heavy (non-hydrogen) atoms. The van der Waals surface area contributed by atoms with Gasteiger partial charge in [-0.1, -0.05) is 124 Å². The van der Waals surface area contributed by atoms with Gasteiger partial charge in [0.25, 0.3) is 0 Å². The molecule has 3 aromatic carbocycles. The van der Waals surface area contributed by atoms with Gasteiger partial charge in [0.1, 0.15) is 0 Å². The normalized spacial score (nSPS) is 14.1. The van der Waals surface area contributed by atoms with Crippen LogP contribution in [0.25, 0.3) is 11.1 Å². The van der Waals surface area contributed by atoms with E-state index in [0.717, 1.165) is 6.42 Å². The van der Waals surface area contributed by atoms with Crippen LogP contribution < -0.4 is 0 Å². The summed E-state index contributed by atoms with van der Waals surface area (Å²) in [6, 6.07) is 27.7. The molecule has 2 aliphatic rings. The molecule has 1 unspecified atom stereocenters. The molecule has 0 N–H and O–H groups in total. The minimum Gasteiger partial charge on any atom is -0.358 e. The van der Waals surface area contributed by atoms with Crippen molar-refractivity contribution in [2.45, 2.75) is 106 Å². The van der Waals surface area contributed by atoms with Crippen molar-refractivity contribution < 1.29 is 24.2 Å². The van der Waals surface area contributed by atoms with Crippen LogP contribution >= 0.6 is 24.8 Å². The second-order valence-corrected chi connectivity index (χ2v) is 14.3. The summed E-state index contributed by atoms with van der Waals surface area (Å²) < 4.78 is 3.34. The van der Waals surface area contributed by atoms with Crippen LogP contribution in [0.1, 0.15) is 111 Å². The molecule has 5 rings (SSSR count). The molecule has 0 saturated heterocycles. The second kappa shape index (κ2) is 20.7. The van der Waals surface area contributed by atoms with Crippen LogP contribution in [0.15, 0.2) is 78.4 Å². The van der Waals surface area contributed by atoms with Gasteiger partial charge in [0, 0.05) is 0 Å². The largest absolute Gasteiger partial charge is 0.358 e. The van der Waals surface area contributed by atoms with Gasteiger partial charge in [-0.15, -0.1) is 35.9 Å². The second-order valence-electron chi connectivity index (χ2n) is 14.3. The molecule has 0 bridgehead atoms. The molecular formula is C42H58Cl2Zr-4. The monoisotopic (exact) mass is 722 g/mol. The first kappa shape index (κ1) is 45.6. The molecule has 2 aliphatic carbocycles. The summed E-state index contributed by atoms with van der Waals surface area (Å²) in [7, 11) is 0. The van der Waals surface area contributed by atoms with Gasteiger partial charge >= 0.3 is 28.4 Å². The van der Waals surface area contributed by atoms with Gasteiger partial charge in [-0.3, -0.25) is 6.08 Å². The molecule has 3 heteroatoms. The van der Waals surface area contributed by atoms with E-state index in [0.29, 0.717) is 11.3 Å². The van der Waals surface area contributed by atoms with E-state index >= 15 is 0 Å². The molecule has 0 heterocycles. The zero-order chi connectivity index (χ0) is 31.6. The van der Waals surface area contributed by atoms with Crippen LogP contribution in [0.2, 0.25) is 0 Å². The first-order chi connectivity index (χ1) is 19.7. The summed E-state index contributed by atoms with van der Waals surface area (Å²) in [5, 5.41) is 0. The average Bonchev–Trinajstić information content (AvgIpc) is 3.58. The van der Waals surface area contributed by atoms with E-state index in [1.807, 2.05) is 30.3 Å². The Bertz CT molecular complexity index is 1230. The van der Waals surface area contributed by atoms with E-state index in [1.165, 1.54) is 82.5 Å². The summed E-state index contributed by atoms with van der Waals surface area (Å²) in [4.78, 5) is 0. The van der Waals surface area contributed by atoms with E-state index < -0.39 is 0 Å². The number of halogens is 2. The zero-order valence-electron chi connectivity index (χ0n) is 29.9. The van der Waals surface area contributed by atoms with Crippen molar-refractivity contribution in [3.05, 3.63) is 126 Å². The number of fused-ring (bicyclic) bond motifs is 3. The average molecular weight is 725 g/mol. The minimum absolute atomic E-state index is 0. The molecule has 0 radical (unpaired) electrons. The zero-order valence-corrected chi connectivity index (χ0v) is 33.9. The van der Waals surface area contributed by atoms with Gasteiger partial charge in [-0.2, -0.15) is 71.8 Å². The summed E-state index contributed by atoms with van der Waals surface area (Å²) >= 11 is 1.30. The van der Waals surface area contributed by atoms with Gasteiger partial charge in [-0.25, -0.2) is 6.08 Å². The Balaban J connectivity index is 0. The predicted molar refractivity (Wildman–Crippen MR) is 203 cm³/mol. The molecule has 0 amide bonds. The van der Waals surface area contributed by atoms with E-state index in [1.54, 1.807) is 0 Å². The van der Waals surface area contributed by atoms with Crippen molar-refractivity contribution in [1.82, 2.24) is 0 Å².